The Bertz CT molecular complexity index is 227. The smallest absolute Gasteiger partial charge is 0.330 e. The molecular weight excluding hydrogens is 188 g/mol. The summed E-state index contributed by atoms with van der Waals surface area (Å²) in [5, 5.41) is 0. The summed E-state index contributed by atoms with van der Waals surface area (Å²) in [6.45, 7) is 4.34. The highest BCUT2D eigenvalue weighted by molar-refractivity contribution is 5.81. The van der Waals surface area contributed by atoms with Gasteiger partial charge in [-0.05, 0) is 19.3 Å². The third-order valence-electron chi connectivity index (χ3n) is 2.13. The second-order valence-electron chi connectivity index (χ2n) is 3.53. The van der Waals surface area contributed by atoms with Gasteiger partial charge < -0.3 is 4.74 Å². The van der Waals surface area contributed by atoms with E-state index in [1.807, 2.05) is 6.08 Å². The fourth-order valence-electron chi connectivity index (χ4n) is 1.33. The lowest BCUT2D eigenvalue weighted by atomic mass is 10.1. The fraction of sp³-hybridized carbons (Fsp3) is 0.615. The quantitative estimate of drug-likeness (QED) is 0.364. The Balaban J connectivity index is 4.05. The molecule has 0 radical (unpaired) electrons. The Labute approximate surface area is 93.0 Å². The van der Waals surface area contributed by atoms with Crippen LogP contribution in [0.25, 0.3) is 0 Å². The molecule has 0 saturated carbocycles. The summed E-state index contributed by atoms with van der Waals surface area (Å²) in [6.07, 6.45) is 11.1. The molecule has 0 saturated heterocycles. The van der Waals surface area contributed by atoms with Crippen molar-refractivity contribution in [3.8, 4) is 0 Å². The first-order valence-corrected chi connectivity index (χ1v) is 5.66. The molecule has 0 spiro atoms. The second-order valence-corrected chi connectivity index (χ2v) is 3.53. The van der Waals surface area contributed by atoms with E-state index in [2.05, 4.69) is 24.7 Å². The lowest BCUT2D eigenvalue weighted by molar-refractivity contribution is -0.134. The van der Waals surface area contributed by atoms with Crippen molar-refractivity contribution in [2.45, 2.75) is 46.0 Å². The number of carbonyl (C=O) groups is 1. The number of unbranched alkanes of at least 4 members (excludes halogenated alkanes) is 1. The number of rotatable bonds is 7. The highest BCUT2D eigenvalue weighted by atomic mass is 16.5. The molecule has 0 amide bonds. The van der Waals surface area contributed by atoms with E-state index in [-0.39, 0.29) is 5.97 Å². The van der Waals surface area contributed by atoms with Gasteiger partial charge in [-0.3, -0.25) is 0 Å². The summed E-state index contributed by atoms with van der Waals surface area (Å²) in [7, 11) is 1.40. The Kier molecular flexibility index (Phi) is 8.84. The highest BCUT2D eigenvalue weighted by Crippen LogP contribution is 2.12. The van der Waals surface area contributed by atoms with Crippen molar-refractivity contribution in [1.82, 2.24) is 0 Å². The van der Waals surface area contributed by atoms with Crippen LogP contribution in [0.1, 0.15) is 46.0 Å². The molecule has 0 heterocycles. The van der Waals surface area contributed by atoms with Crippen LogP contribution in [0.5, 0.6) is 0 Å². The van der Waals surface area contributed by atoms with Crippen LogP contribution in [0.4, 0.5) is 0 Å². The van der Waals surface area contributed by atoms with E-state index in [4.69, 9.17) is 0 Å². The minimum absolute atomic E-state index is 0.277. The summed E-state index contributed by atoms with van der Waals surface area (Å²) < 4.78 is 4.53. The molecule has 0 aliphatic carbocycles. The van der Waals surface area contributed by atoms with Gasteiger partial charge in [-0.2, -0.15) is 0 Å². The molecule has 0 atom stereocenters. The molecule has 0 N–H and O–H groups in total. The van der Waals surface area contributed by atoms with E-state index < -0.39 is 0 Å². The monoisotopic (exact) mass is 210 g/mol. The maximum atomic E-state index is 10.8. The molecule has 0 aliphatic rings. The van der Waals surface area contributed by atoms with Crippen molar-refractivity contribution in [2.75, 3.05) is 7.11 Å². The second kappa shape index (κ2) is 9.50. The standard InChI is InChI=1S/C13H22O2/c1-4-6-9-12(8-5-2)10-7-11-13(14)15-3/h7,9,11H,4-6,8,10H2,1-3H3/b11-7+,12-9+. The van der Waals surface area contributed by atoms with Gasteiger partial charge in [-0.25, -0.2) is 4.79 Å². The molecule has 0 aromatic heterocycles. The zero-order valence-electron chi connectivity index (χ0n) is 10.1. The minimum atomic E-state index is -0.277. The molecule has 0 aliphatic heterocycles. The van der Waals surface area contributed by atoms with Crippen molar-refractivity contribution >= 4 is 5.97 Å². The van der Waals surface area contributed by atoms with Gasteiger partial charge in [0.05, 0.1) is 7.11 Å². The number of hydrogen-bond acceptors (Lipinski definition) is 2. The van der Waals surface area contributed by atoms with Gasteiger partial charge in [0.15, 0.2) is 0 Å². The number of esters is 1. The predicted molar refractivity (Wildman–Crippen MR) is 63.7 cm³/mol. The zero-order chi connectivity index (χ0) is 11.5. The van der Waals surface area contributed by atoms with Crippen molar-refractivity contribution in [3.63, 3.8) is 0 Å². The predicted octanol–water partition coefficient (Wildman–Crippen LogP) is 3.63. The maximum absolute atomic E-state index is 10.8. The Morgan fingerprint density at radius 1 is 1.27 bits per heavy atom. The molecule has 15 heavy (non-hydrogen) atoms. The Morgan fingerprint density at radius 3 is 2.53 bits per heavy atom. The molecule has 2 heteroatoms. The van der Waals surface area contributed by atoms with Gasteiger partial charge in [0.1, 0.15) is 0 Å². The molecule has 0 bridgehead atoms. The van der Waals surface area contributed by atoms with Crippen LogP contribution in [-0.4, -0.2) is 13.1 Å². The Morgan fingerprint density at radius 2 is 2.00 bits per heavy atom. The van der Waals surface area contributed by atoms with Crippen LogP contribution < -0.4 is 0 Å². The average molecular weight is 210 g/mol. The highest BCUT2D eigenvalue weighted by Gasteiger charge is 1.95. The third-order valence-corrected chi connectivity index (χ3v) is 2.13. The molecule has 0 aromatic carbocycles. The number of allylic oxidation sites excluding steroid dienone is 3. The summed E-state index contributed by atoms with van der Waals surface area (Å²) in [4.78, 5) is 10.8. The first-order valence-electron chi connectivity index (χ1n) is 5.66. The van der Waals surface area contributed by atoms with Crippen LogP contribution in [-0.2, 0) is 9.53 Å². The van der Waals surface area contributed by atoms with Gasteiger partial charge >= 0.3 is 5.97 Å². The summed E-state index contributed by atoms with van der Waals surface area (Å²) in [5.74, 6) is -0.277. The molecule has 0 fully saturated rings. The summed E-state index contributed by atoms with van der Waals surface area (Å²) in [5.41, 5.74) is 1.42. The largest absolute Gasteiger partial charge is 0.466 e. The van der Waals surface area contributed by atoms with Gasteiger partial charge in [0, 0.05) is 6.08 Å². The van der Waals surface area contributed by atoms with Crippen molar-refractivity contribution in [2.24, 2.45) is 0 Å². The SMILES string of the molecule is CCC/C=C(/C/C=C/C(=O)OC)CCC. The molecule has 86 valence electrons. The first-order chi connectivity index (χ1) is 7.24. The summed E-state index contributed by atoms with van der Waals surface area (Å²) >= 11 is 0. The van der Waals surface area contributed by atoms with Gasteiger partial charge in [-0.1, -0.05) is 44.4 Å². The van der Waals surface area contributed by atoms with Crippen LogP contribution in [0.3, 0.4) is 0 Å². The Hall–Kier alpha value is -1.05. The van der Waals surface area contributed by atoms with E-state index in [1.165, 1.54) is 25.2 Å². The zero-order valence-corrected chi connectivity index (χ0v) is 10.1. The van der Waals surface area contributed by atoms with Gasteiger partial charge in [0.25, 0.3) is 0 Å². The fourth-order valence-corrected chi connectivity index (χ4v) is 1.33. The maximum Gasteiger partial charge on any atom is 0.330 e. The van der Waals surface area contributed by atoms with E-state index in [9.17, 15) is 4.79 Å². The number of carbonyl (C=O) groups excluding carboxylic acids is 1. The lowest BCUT2D eigenvalue weighted by Crippen LogP contribution is -1.93. The molecular formula is C13H22O2. The average Bonchev–Trinajstić information content (AvgIpc) is 2.25. The van der Waals surface area contributed by atoms with Crippen LogP contribution >= 0.6 is 0 Å². The normalized spacial score (nSPS) is 12.1. The van der Waals surface area contributed by atoms with Crippen LogP contribution in [0, 0.1) is 0 Å². The van der Waals surface area contributed by atoms with E-state index in [0.29, 0.717) is 0 Å². The lowest BCUT2D eigenvalue weighted by Gasteiger charge is -2.02. The topological polar surface area (TPSA) is 26.3 Å². The number of hydrogen-bond donors (Lipinski definition) is 0. The minimum Gasteiger partial charge on any atom is -0.466 e. The van der Waals surface area contributed by atoms with Gasteiger partial charge in [0.2, 0.25) is 0 Å². The molecule has 2 nitrogen and oxygen atoms in total. The molecule has 0 unspecified atom stereocenters. The van der Waals surface area contributed by atoms with Crippen LogP contribution in [0.15, 0.2) is 23.8 Å². The van der Waals surface area contributed by atoms with E-state index >= 15 is 0 Å². The van der Waals surface area contributed by atoms with Crippen molar-refractivity contribution in [3.05, 3.63) is 23.8 Å². The number of methoxy groups -OCH3 is 1. The van der Waals surface area contributed by atoms with Crippen LogP contribution in [0.2, 0.25) is 0 Å². The first kappa shape index (κ1) is 13.9. The third kappa shape index (κ3) is 7.98. The molecule has 0 aromatic rings. The molecule has 0 rings (SSSR count). The van der Waals surface area contributed by atoms with E-state index in [1.54, 1.807) is 0 Å². The van der Waals surface area contributed by atoms with E-state index in [0.717, 1.165) is 25.7 Å². The summed E-state index contributed by atoms with van der Waals surface area (Å²) in [6, 6.07) is 0. The van der Waals surface area contributed by atoms with Crippen molar-refractivity contribution in [1.29, 1.82) is 0 Å². The van der Waals surface area contributed by atoms with Gasteiger partial charge in [-0.15, -0.1) is 0 Å². The number of ether oxygens (including phenoxy) is 1. The van der Waals surface area contributed by atoms with Crippen molar-refractivity contribution < 1.29 is 9.53 Å².